The third-order valence-electron chi connectivity index (χ3n) is 8.83. The number of piperazine rings is 1. The number of nitrogen functional groups attached to an aromatic ring is 1. The summed E-state index contributed by atoms with van der Waals surface area (Å²) in [6.45, 7) is 4.99. The lowest BCUT2D eigenvalue weighted by Gasteiger charge is -2.34. The van der Waals surface area contributed by atoms with Crippen LogP contribution in [0.3, 0.4) is 0 Å². The Kier molecular flexibility index (Phi) is 10.7. The summed E-state index contributed by atoms with van der Waals surface area (Å²) in [5.74, 6) is 2.89. The van der Waals surface area contributed by atoms with Gasteiger partial charge in [0.25, 0.3) is 0 Å². The lowest BCUT2D eigenvalue weighted by Crippen LogP contribution is -2.48. The second kappa shape index (κ2) is 15.4. The fourth-order valence-electron chi connectivity index (χ4n) is 6.25. The minimum atomic E-state index is -0.0503. The number of unbranched alkanes of at least 4 members (excludes halogenated alkanes) is 1. The Balaban J connectivity index is 1.09. The Morgan fingerprint density at radius 1 is 0.936 bits per heavy atom. The SMILES string of the molecule is Nc1ncnc2c1c(-c1ccc(Oc3ccccc3)cc1)nn2[C@@H]1CCCN(C(=O)/C=C/CN2CCN(C(=O)CCCCS)CC2)C1. The first-order valence-corrected chi connectivity index (χ1v) is 17.0. The average molecular weight is 655 g/mol. The predicted octanol–water partition coefficient (Wildman–Crippen LogP) is 4.83. The first kappa shape index (κ1) is 32.5. The molecule has 0 unspecified atom stereocenters. The molecular formula is C35H42N8O3S. The first-order valence-electron chi connectivity index (χ1n) is 16.4. The molecule has 246 valence electrons. The maximum atomic E-state index is 13.3. The normalized spacial score (nSPS) is 17.4. The van der Waals surface area contributed by atoms with E-state index in [0.29, 0.717) is 48.6 Å². The van der Waals surface area contributed by atoms with E-state index in [2.05, 4.69) is 27.5 Å². The number of hydrogen-bond acceptors (Lipinski definition) is 9. The number of nitrogens with two attached hydrogens (primary N) is 1. The number of rotatable bonds is 11. The predicted molar refractivity (Wildman–Crippen MR) is 186 cm³/mol. The number of aromatic nitrogens is 4. The molecule has 0 radical (unpaired) electrons. The molecule has 4 aromatic rings. The molecule has 0 aliphatic carbocycles. The van der Waals surface area contributed by atoms with Crippen molar-refractivity contribution in [3.63, 3.8) is 0 Å². The third kappa shape index (κ3) is 7.94. The van der Waals surface area contributed by atoms with Crippen LogP contribution in [0.5, 0.6) is 11.5 Å². The van der Waals surface area contributed by atoms with Crippen LogP contribution in [0.15, 0.2) is 73.1 Å². The second-order valence-corrected chi connectivity index (χ2v) is 12.5. The Bertz CT molecular complexity index is 1690. The van der Waals surface area contributed by atoms with Gasteiger partial charge in [0, 0.05) is 63.9 Å². The highest BCUT2D eigenvalue weighted by Crippen LogP contribution is 2.35. The minimum absolute atomic E-state index is 0.00691. The number of nitrogens with zero attached hydrogens (tertiary/aromatic N) is 7. The molecule has 2 aromatic heterocycles. The van der Waals surface area contributed by atoms with E-state index in [9.17, 15) is 9.59 Å². The van der Waals surface area contributed by atoms with E-state index >= 15 is 0 Å². The number of carbonyl (C=O) groups is 2. The quantitative estimate of drug-likeness (QED) is 0.134. The van der Waals surface area contributed by atoms with Crippen LogP contribution >= 0.6 is 12.6 Å². The van der Waals surface area contributed by atoms with Crippen LogP contribution in [0.2, 0.25) is 0 Å². The van der Waals surface area contributed by atoms with Crippen molar-refractivity contribution in [1.82, 2.24) is 34.4 Å². The molecule has 2 N–H and O–H groups in total. The maximum absolute atomic E-state index is 13.3. The van der Waals surface area contributed by atoms with Crippen LogP contribution in [0.25, 0.3) is 22.3 Å². The number of hydrogen-bond donors (Lipinski definition) is 2. The van der Waals surface area contributed by atoms with Gasteiger partial charge in [0.05, 0.1) is 11.4 Å². The van der Waals surface area contributed by atoms with Crippen molar-refractivity contribution in [3.8, 4) is 22.8 Å². The Morgan fingerprint density at radius 3 is 2.47 bits per heavy atom. The van der Waals surface area contributed by atoms with E-state index in [1.165, 1.54) is 6.33 Å². The molecule has 1 atom stereocenters. The monoisotopic (exact) mass is 654 g/mol. The standard InChI is InChI=1S/C35H42N8O3S/c36-34-32-33(26-13-15-29(16-14-26)46-28-9-2-1-3-10-28)39-43(35(32)38-25-37-34)27-8-6-18-42(24-27)31(45)12-7-17-40-19-21-41(22-20-40)30(44)11-4-5-23-47/h1-3,7,9-10,12-16,25,27,47H,4-6,8,11,17-24H2,(H2,36,37,38)/b12-7+/t27-/m1/s1. The first-order chi connectivity index (χ1) is 23.0. The Morgan fingerprint density at radius 2 is 1.70 bits per heavy atom. The number of thiol groups is 1. The fraction of sp³-hybridized carbons (Fsp3) is 0.400. The van der Waals surface area contributed by atoms with Gasteiger partial charge in [-0.3, -0.25) is 14.5 Å². The van der Waals surface area contributed by atoms with Gasteiger partial charge < -0.3 is 20.3 Å². The van der Waals surface area contributed by atoms with Gasteiger partial charge in [0.15, 0.2) is 5.65 Å². The number of anilines is 1. The summed E-state index contributed by atoms with van der Waals surface area (Å²) < 4.78 is 7.88. The molecule has 47 heavy (non-hydrogen) atoms. The van der Waals surface area contributed by atoms with Crippen molar-refractivity contribution >= 4 is 41.3 Å². The van der Waals surface area contributed by atoms with Crippen LogP contribution in [0, 0.1) is 0 Å². The summed E-state index contributed by atoms with van der Waals surface area (Å²) in [6.07, 6.45) is 9.27. The molecule has 2 saturated heterocycles. The zero-order valence-electron chi connectivity index (χ0n) is 26.6. The number of carbonyl (C=O) groups excluding carboxylic acids is 2. The highest BCUT2D eigenvalue weighted by atomic mass is 32.1. The molecular weight excluding hydrogens is 613 g/mol. The van der Waals surface area contributed by atoms with Crippen molar-refractivity contribution in [2.75, 3.05) is 57.3 Å². The minimum Gasteiger partial charge on any atom is -0.457 e. The zero-order chi connectivity index (χ0) is 32.6. The lowest BCUT2D eigenvalue weighted by atomic mass is 10.1. The molecule has 2 amide bonds. The highest BCUT2D eigenvalue weighted by Gasteiger charge is 2.28. The van der Waals surface area contributed by atoms with E-state index in [0.717, 1.165) is 74.7 Å². The summed E-state index contributed by atoms with van der Waals surface area (Å²) in [5, 5.41) is 5.71. The summed E-state index contributed by atoms with van der Waals surface area (Å²) in [5.41, 5.74) is 8.62. The zero-order valence-corrected chi connectivity index (χ0v) is 27.5. The maximum Gasteiger partial charge on any atom is 0.246 e. The molecule has 12 heteroatoms. The summed E-state index contributed by atoms with van der Waals surface area (Å²) in [4.78, 5) is 40.6. The smallest absolute Gasteiger partial charge is 0.246 e. The molecule has 0 spiro atoms. The molecule has 11 nitrogen and oxygen atoms in total. The number of amides is 2. The van der Waals surface area contributed by atoms with Crippen molar-refractivity contribution in [3.05, 3.63) is 73.1 Å². The van der Waals surface area contributed by atoms with Crippen molar-refractivity contribution < 1.29 is 14.3 Å². The Hall–Kier alpha value is -4.42. The molecule has 6 rings (SSSR count). The number of para-hydroxylation sites is 1. The fourth-order valence-corrected chi connectivity index (χ4v) is 6.47. The third-order valence-corrected chi connectivity index (χ3v) is 9.14. The van der Waals surface area contributed by atoms with E-state index < -0.39 is 0 Å². The summed E-state index contributed by atoms with van der Waals surface area (Å²) in [6, 6.07) is 17.3. The number of likely N-dealkylation sites (tertiary alicyclic amines) is 1. The van der Waals surface area contributed by atoms with Gasteiger partial charge in [-0.1, -0.05) is 24.3 Å². The van der Waals surface area contributed by atoms with Crippen molar-refractivity contribution in [1.29, 1.82) is 0 Å². The van der Waals surface area contributed by atoms with Crippen LogP contribution in [-0.2, 0) is 9.59 Å². The van der Waals surface area contributed by atoms with Crippen LogP contribution in [0.4, 0.5) is 5.82 Å². The van der Waals surface area contributed by atoms with Crippen LogP contribution in [-0.4, -0.2) is 97.8 Å². The molecule has 0 bridgehead atoms. The average Bonchev–Trinajstić information content (AvgIpc) is 3.50. The topological polar surface area (TPSA) is 123 Å². The number of fused-ring (bicyclic) bond motifs is 1. The van der Waals surface area contributed by atoms with Crippen molar-refractivity contribution in [2.45, 2.75) is 38.1 Å². The number of piperidine rings is 1. The van der Waals surface area contributed by atoms with Gasteiger partial charge in [0.2, 0.25) is 11.8 Å². The van der Waals surface area contributed by atoms with Crippen LogP contribution in [0.1, 0.15) is 38.1 Å². The van der Waals surface area contributed by atoms with Gasteiger partial charge in [-0.15, -0.1) is 0 Å². The van der Waals surface area contributed by atoms with E-state index in [1.54, 1.807) is 6.08 Å². The van der Waals surface area contributed by atoms with Gasteiger partial charge in [0.1, 0.15) is 29.3 Å². The van der Waals surface area contributed by atoms with Crippen molar-refractivity contribution in [2.24, 2.45) is 0 Å². The lowest BCUT2D eigenvalue weighted by molar-refractivity contribution is -0.133. The molecule has 4 heterocycles. The van der Waals surface area contributed by atoms with Gasteiger partial charge in [-0.25, -0.2) is 14.6 Å². The summed E-state index contributed by atoms with van der Waals surface area (Å²) in [7, 11) is 0. The molecule has 2 aliphatic heterocycles. The number of benzene rings is 2. The van der Waals surface area contributed by atoms with E-state index in [4.69, 9.17) is 15.6 Å². The molecule has 2 fully saturated rings. The second-order valence-electron chi connectivity index (χ2n) is 12.0. The van der Waals surface area contributed by atoms with Gasteiger partial charge in [-0.2, -0.15) is 17.7 Å². The molecule has 0 saturated carbocycles. The largest absolute Gasteiger partial charge is 0.457 e. The Labute approximate surface area is 280 Å². The number of ether oxygens (including phenoxy) is 1. The molecule has 2 aromatic carbocycles. The summed E-state index contributed by atoms with van der Waals surface area (Å²) >= 11 is 4.23. The highest BCUT2D eigenvalue weighted by molar-refractivity contribution is 7.80. The van der Waals surface area contributed by atoms with E-state index in [1.807, 2.05) is 75.2 Å². The van der Waals surface area contributed by atoms with Gasteiger partial charge in [-0.05, 0) is 67.8 Å². The van der Waals surface area contributed by atoms with Gasteiger partial charge >= 0.3 is 0 Å². The van der Waals surface area contributed by atoms with Crippen LogP contribution < -0.4 is 10.5 Å². The van der Waals surface area contributed by atoms with E-state index in [-0.39, 0.29) is 17.9 Å². The molecule has 2 aliphatic rings.